The first kappa shape index (κ1) is 21.5. The minimum absolute atomic E-state index is 0.0580. The summed E-state index contributed by atoms with van der Waals surface area (Å²) in [6.45, 7) is 11.0. The molecule has 154 valence electrons. The quantitative estimate of drug-likeness (QED) is 0.663. The van der Waals surface area contributed by atoms with E-state index in [2.05, 4.69) is 24.5 Å². The van der Waals surface area contributed by atoms with Crippen LogP contribution in [0.25, 0.3) is 0 Å². The Bertz CT molecular complexity index is 554. The summed E-state index contributed by atoms with van der Waals surface area (Å²) in [4.78, 5) is 39.0. The molecule has 0 aromatic heterocycles. The van der Waals surface area contributed by atoms with E-state index < -0.39 is 23.5 Å². The molecule has 0 bridgehead atoms. The minimum Gasteiger partial charge on any atom is -0.464 e. The summed E-state index contributed by atoms with van der Waals surface area (Å²) >= 11 is 0. The molecule has 2 N–H and O–H groups in total. The van der Waals surface area contributed by atoms with Crippen molar-refractivity contribution in [3.8, 4) is 0 Å². The van der Waals surface area contributed by atoms with Crippen LogP contribution >= 0.6 is 0 Å². The smallest absolute Gasteiger partial charge is 0.325 e. The van der Waals surface area contributed by atoms with Crippen LogP contribution in [0.5, 0.6) is 0 Å². The Balaban J connectivity index is 1.88. The predicted octanol–water partition coefficient (Wildman–Crippen LogP) is 2.30. The molecule has 1 heterocycles. The van der Waals surface area contributed by atoms with E-state index in [1.807, 2.05) is 25.7 Å². The van der Waals surface area contributed by atoms with Gasteiger partial charge in [-0.3, -0.25) is 9.59 Å². The number of hydrogen-bond donors (Lipinski definition) is 2. The fraction of sp³-hybridized carbons (Fsp3) is 0.850. The number of amides is 3. The largest absolute Gasteiger partial charge is 0.464 e. The molecule has 0 spiro atoms. The van der Waals surface area contributed by atoms with Crippen molar-refractivity contribution in [2.45, 2.75) is 72.4 Å². The Hall–Kier alpha value is -1.79. The number of hydrogen-bond acceptors (Lipinski definition) is 4. The van der Waals surface area contributed by atoms with Gasteiger partial charge in [-0.2, -0.15) is 0 Å². The number of urea groups is 1. The monoisotopic (exact) mass is 381 g/mol. The molecule has 1 aliphatic carbocycles. The third kappa shape index (κ3) is 6.40. The van der Waals surface area contributed by atoms with Crippen LogP contribution in [0.4, 0.5) is 4.79 Å². The Morgan fingerprint density at radius 2 is 1.85 bits per heavy atom. The zero-order chi connectivity index (χ0) is 20.2. The molecular formula is C20H35N3O4. The van der Waals surface area contributed by atoms with Crippen molar-refractivity contribution >= 4 is 17.9 Å². The summed E-state index contributed by atoms with van der Waals surface area (Å²) < 4.78 is 5.10. The lowest BCUT2D eigenvalue weighted by molar-refractivity contribution is -0.142. The van der Waals surface area contributed by atoms with Gasteiger partial charge in [-0.25, -0.2) is 4.79 Å². The van der Waals surface area contributed by atoms with Crippen LogP contribution in [0.1, 0.15) is 60.3 Å². The molecule has 0 aromatic rings. The SMILES string of the molecule is CCC1CC(C)N(C(=O)C(NC(=O)NCC(=O)OCC2CC2)C(C)(C)C)C1. The molecule has 7 heteroatoms. The fourth-order valence-electron chi connectivity index (χ4n) is 3.44. The second-order valence-corrected chi connectivity index (χ2v) is 9.10. The van der Waals surface area contributed by atoms with Gasteiger partial charge in [0.05, 0.1) is 6.61 Å². The second-order valence-electron chi connectivity index (χ2n) is 9.10. The maximum Gasteiger partial charge on any atom is 0.325 e. The number of esters is 1. The molecule has 27 heavy (non-hydrogen) atoms. The van der Waals surface area contributed by atoms with Gasteiger partial charge in [0, 0.05) is 12.6 Å². The van der Waals surface area contributed by atoms with E-state index in [0.29, 0.717) is 18.4 Å². The van der Waals surface area contributed by atoms with Crippen molar-refractivity contribution in [1.82, 2.24) is 15.5 Å². The number of ether oxygens (including phenoxy) is 1. The zero-order valence-electron chi connectivity index (χ0n) is 17.3. The van der Waals surface area contributed by atoms with Crippen molar-refractivity contribution in [3.05, 3.63) is 0 Å². The van der Waals surface area contributed by atoms with Crippen LogP contribution < -0.4 is 10.6 Å². The summed E-state index contributed by atoms with van der Waals surface area (Å²) in [6, 6.07) is -1.00. The lowest BCUT2D eigenvalue weighted by atomic mass is 9.85. The maximum absolute atomic E-state index is 13.1. The summed E-state index contributed by atoms with van der Waals surface area (Å²) in [7, 11) is 0. The van der Waals surface area contributed by atoms with Crippen LogP contribution in [0.15, 0.2) is 0 Å². The molecule has 0 aromatic carbocycles. The van der Waals surface area contributed by atoms with Crippen LogP contribution in [-0.4, -0.2) is 54.6 Å². The molecule has 3 unspecified atom stereocenters. The number of rotatable bonds is 7. The highest BCUT2D eigenvalue weighted by Gasteiger charge is 2.40. The first-order valence-corrected chi connectivity index (χ1v) is 10.1. The first-order valence-electron chi connectivity index (χ1n) is 10.1. The molecular weight excluding hydrogens is 346 g/mol. The number of nitrogens with one attached hydrogen (secondary N) is 2. The van der Waals surface area contributed by atoms with Crippen LogP contribution in [0.3, 0.4) is 0 Å². The number of likely N-dealkylation sites (tertiary alicyclic amines) is 1. The second kappa shape index (κ2) is 8.93. The van der Waals surface area contributed by atoms with Crippen molar-refractivity contribution in [1.29, 1.82) is 0 Å². The van der Waals surface area contributed by atoms with Gasteiger partial charge in [0.2, 0.25) is 5.91 Å². The molecule has 3 amide bonds. The van der Waals surface area contributed by atoms with Crippen LogP contribution in [0.2, 0.25) is 0 Å². The van der Waals surface area contributed by atoms with E-state index in [4.69, 9.17) is 4.74 Å². The first-order chi connectivity index (χ1) is 12.6. The van der Waals surface area contributed by atoms with Gasteiger partial charge in [0.25, 0.3) is 0 Å². The molecule has 3 atom stereocenters. The van der Waals surface area contributed by atoms with Gasteiger partial charge < -0.3 is 20.3 Å². The van der Waals surface area contributed by atoms with Gasteiger partial charge in [0.1, 0.15) is 12.6 Å². The maximum atomic E-state index is 13.1. The third-order valence-corrected chi connectivity index (χ3v) is 5.48. The predicted molar refractivity (Wildman–Crippen MR) is 103 cm³/mol. The summed E-state index contributed by atoms with van der Waals surface area (Å²) in [5, 5.41) is 5.28. The van der Waals surface area contributed by atoms with E-state index in [1.54, 1.807) is 0 Å². The van der Waals surface area contributed by atoms with Crippen molar-refractivity contribution in [2.75, 3.05) is 19.7 Å². The summed E-state index contributed by atoms with van der Waals surface area (Å²) in [5.41, 5.74) is -0.440. The highest BCUT2D eigenvalue weighted by molar-refractivity contribution is 5.89. The van der Waals surface area contributed by atoms with E-state index in [9.17, 15) is 14.4 Å². The highest BCUT2D eigenvalue weighted by atomic mass is 16.5. The van der Waals surface area contributed by atoms with Gasteiger partial charge in [-0.1, -0.05) is 34.1 Å². The van der Waals surface area contributed by atoms with E-state index >= 15 is 0 Å². The number of carbonyl (C=O) groups excluding carboxylic acids is 3. The van der Waals surface area contributed by atoms with E-state index in [1.165, 1.54) is 0 Å². The molecule has 2 rings (SSSR count). The lowest BCUT2D eigenvalue weighted by Gasteiger charge is -2.35. The Labute approximate surface area is 162 Å². The van der Waals surface area contributed by atoms with Crippen LogP contribution in [-0.2, 0) is 14.3 Å². The Morgan fingerprint density at radius 3 is 2.37 bits per heavy atom. The van der Waals surface area contributed by atoms with E-state index in [0.717, 1.165) is 32.2 Å². The zero-order valence-corrected chi connectivity index (χ0v) is 17.3. The number of nitrogens with zero attached hydrogens (tertiary/aromatic N) is 1. The topological polar surface area (TPSA) is 87.7 Å². The van der Waals surface area contributed by atoms with Gasteiger partial charge >= 0.3 is 12.0 Å². The average Bonchev–Trinajstić information content (AvgIpc) is 3.35. The molecule has 2 fully saturated rings. The molecule has 1 saturated heterocycles. The van der Waals surface area contributed by atoms with Gasteiger partial charge in [0.15, 0.2) is 0 Å². The highest BCUT2D eigenvalue weighted by Crippen LogP contribution is 2.29. The standard InChI is InChI=1S/C20H35N3O4/c1-6-14-9-13(2)23(11-14)18(25)17(20(3,4)5)22-19(26)21-10-16(24)27-12-15-7-8-15/h13-15,17H,6-12H2,1-5H3,(H2,21,22,26). The molecule has 2 aliphatic rings. The van der Waals surface area contributed by atoms with Crippen molar-refractivity contribution in [2.24, 2.45) is 17.3 Å². The van der Waals surface area contributed by atoms with Gasteiger partial charge in [-0.15, -0.1) is 0 Å². The average molecular weight is 382 g/mol. The Kier molecular flexibility index (Phi) is 7.12. The summed E-state index contributed by atoms with van der Waals surface area (Å²) in [6.07, 6.45) is 4.25. The molecule has 0 radical (unpaired) electrons. The normalized spacial score (nSPS) is 23.7. The molecule has 1 saturated carbocycles. The fourth-order valence-corrected chi connectivity index (χ4v) is 3.44. The van der Waals surface area contributed by atoms with E-state index in [-0.39, 0.29) is 18.5 Å². The third-order valence-electron chi connectivity index (χ3n) is 5.48. The summed E-state index contributed by atoms with van der Waals surface area (Å²) in [5.74, 6) is 0.492. The Morgan fingerprint density at radius 1 is 1.19 bits per heavy atom. The van der Waals surface area contributed by atoms with Crippen LogP contribution in [0, 0.1) is 17.3 Å². The molecule has 7 nitrogen and oxygen atoms in total. The lowest BCUT2D eigenvalue weighted by Crippen LogP contribution is -2.57. The van der Waals surface area contributed by atoms with Crippen molar-refractivity contribution < 1.29 is 19.1 Å². The van der Waals surface area contributed by atoms with Crippen molar-refractivity contribution in [3.63, 3.8) is 0 Å². The molecule has 1 aliphatic heterocycles. The van der Waals surface area contributed by atoms with Gasteiger partial charge in [-0.05, 0) is 43.4 Å². The minimum atomic E-state index is -0.655. The number of carbonyl (C=O) groups is 3.